The SMILES string of the molecule is N#C/C(=C\c1cc(Br)ccc1OCc1ccc(C(=O)O)cc1)C(=O)NCc1ccccc1. The highest BCUT2D eigenvalue weighted by molar-refractivity contribution is 9.10. The van der Waals surface area contributed by atoms with Crippen molar-refractivity contribution < 1.29 is 19.4 Å². The summed E-state index contributed by atoms with van der Waals surface area (Å²) in [5, 5.41) is 21.3. The van der Waals surface area contributed by atoms with Gasteiger partial charge in [0, 0.05) is 16.6 Å². The Kier molecular flexibility index (Phi) is 7.79. The first-order valence-electron chi connectivity index (χ1n) is 9.65. The number of amides is 1. The second kappa shape index (κ2) is 10.9. The third-order valence-electron chi connectivity index (χ3n) is 4.53. The summed E-state index contributed by atoms with van der Waals surface area (Å²) in [4.78, 5) is 23.5. The largest absolute Gasteiger partial charge is 0.488 e. The Bertz CT molecular complexity index is 1180. The number of halogens is 1. The van der Waals surface area contributed by atoms with Gasteiger partial charge in [0.1, 0.15) is 24.0 Å². The first-order chi connectivity index (χ1) is 15.5. The van der Waals surface area contributed by atoms with Crippen molar-refractivity contribution >= 4 is 33.9 Å². The number of ether oxygens (including phenoxy) is 1. The third-order valence-corrected chi connectivity index (χ3v) is 5.02. The molecule has 0 aliphatic heterocycles. The fourth-order valence-electron chi connectivity index (χ4n) is 2.85. The topological polar surface area (TPSA) is 99.4 Å². The van der Waals surface area contributed by atoms with Crippen LogP contribution in [0.2, 0.25) is 0 Å². The lowest BCUT2D eigenvalue weighted by atomic mass is 10.1. The number of nitrogens with zero attached hydrogens (tertiary/aromatic N) is 1. The van der Waals surface area contributed by atoms with Crippen molar-refractivity contribution in [2.45, 2.75) is 13.2 Å². The van der Waals surface area contributed by atoms with E-state index in [1.54, 1.807) is 30.3 Å². The summed E-state index contributed by atoms with van der Waals surface area (Å²) in [6.07, 6.45) is 1.48. The molecule has 0 saturated heterocycles. The Hall–Kier alpha value is -3.89. The molecule has 0 radical (unpaired) electrons. The van der Waals surface area contributed by atoms with Gasteiger partial charge in [-0.15, -0.1) is 0 Å². The second-order valence-corrected chi connectivity index (χ2v) is 7.73. The van der Waals surface area contributed by atoms with Crippen LogP contribution in [-0.2, 0) is 17.9 Å². The van der Waals surface area contributed by atoms with Crippen molar-refractivity contribution in [3.63, 3.8) is 0 Å². The maximum atomic E-state index is 12.5. The van der Waals surface area contributed by atoms with Crippen LogP contribution in [0, 0.1) is 11.3 Å². The van der Waals surface area contributed by atoms with Crippen LogP contribution in [0.1, 0.15) is 27.0 Å². The summed E-state index contributed by atoms with van der Waals surface area (Å²) >= 11 is 3.40. The second-order valence-electron chi connectivity index (χ2n) is 6.81. The van der Waals surface area contributed by atoms with Crippen molar-refractivity contribution in [1.82, 2.24) is 5.32 Å². The molecule has 0 unspecified atom stereocenters. The number of hydrogen-bond acceptors (Lipinski definition) is 4. The number of benzene rings is 3. The molecule has 32 heavy (non-hydrogen) atoms. The maximum Gasteiger partial charge on any atom is 0.335 e. The highest BCUT2D eigenvalue weighted by atomic mass is 79.9. The van der Waals surface area contributed by atoms with E-state index >= 15 is 0 Å². The van der Waals surface area contributed by atoms with Gasteiger partial charge in [-0.05, 0) is 47.5 Å². The normalized spacial score (nSPS) is 10.8. The maximum absolute atomic E-state index is 12.5. The molecule has 0 spiro atoms. The van der Waals surface area contributed by atoms with E-state index in [0.29, 0.717) is 17.9 Å². The minimum atomic E-state index is -0.993. The molecule has 2 N–H and O–H groups in total. The van der Waals surface area contributed by atoms with Gasteiger partial charge in [-0.25, -0.2) is 4.79 Å². The highest BCUT2D eigenvalue weighted by Crippen LogP contribution is 2.26. The molecule has 0 heterocycles. The fourth-order valence-corrected chi connectivity index (χ4v) is 3.22. The number of nitrogens with one attached hydrogen (secondary N) is 1. The number of carbonyl (C=O) groups excluding carboxylic acids is 1. The summed E-state index contributed by atoms with van der Waals surface area (Å²) in [6.45, 7) is 0.511. The molecule has 0 aliphatic rings. The molecule has 0 aliphatic carbocycles. The van der Waals surface area contributed by atoms with Gasteiger partial charge < -0.3 is 15.2 Å². The Morgan fingerprint density at radius 1 is 1.03 bits per heavy atom. The van der Waals surface area contributed by atoms with Gasteiger partial charge in [-0.3, -0.25) is 4.79 Å². The lowest BCUT2D eigenvalue weighted by Crippen LogP contribution is -2.23. The molecule has 3 aromatic carbocycles. The number of nitriles is 1. The van der Waals surface area contributed by atoms with Gasteiger partial charge in [-0.2, -0.15) is 5.26 Å². The summed E-state index contributed by atoms with van der Waals surface area (Å²) in [5.74, 6) is -0.988. The van der Waals surface area contributed by atoms with Gasteiger partial charge >= 0.3 is 5.97 Å². The Balaban J connectivity index is 1.74. The number of hydrogen-bond donors (Lipinski definition) is 2. The molecule has 6 nitrogen and oxygen atoms in total. The number of aromatic carboxylic acids is 1. The number of carboxylic acid groups (broad SMARTS) is 1. The van der Waals surface area contributed by atoms with Crippen molar-refractivity contribution in [1.29, 1.82) is 5.26 Å². The van der Waals surface area contributed by atoms with Gasteiger partial charge in [0.05, 0.1) is 5.56 Å². The molecular weight excluding hydrogens is 472 g/mol. The minimum Gasteiger partial charge on any atom is -0.488 e. The van der Waals surface area contributed by atoms with Gasteiger partial charge in [0.2, 0.25) is 0 Å². The molecule has 0 bridgehead atoms. The van der Waals surface area contributed by atoms with Crippen LogP contribution in [0.3, 0.4) is 0 Å². The van der Waals surface area contributed by atoms with Crippen LogP contribution in [0.5, 0.6) is 5.75 Å². The van der Waals surface area contributed by atoms with E-state index in [2.05, 4.69) is 21.2 Å². The number of carboxylic acids is 1. The lowest BCUT2D eigenvalue weighted by Gasteiger charge is -2.11. The standard InChI is InChI=1S/C25H19BrN2O4/c26-22-10-11-23(32-16-18-6-8-19(9-7-18)25(30)31)20(13-22)12-21(14-27)24(29)28-15-17-4-2-1-3-5-17/h1-13H,15-16H2,(H,28,29)(H,30,31)/b21-12+. The molecule has 0 aromatic heterocycles. The summed E-state index contributed by atoms with van der Waals surface area (Å²) < 4.78 is 6.65. The smallest absolute Gasteiger partial charge is 0.335 e. The van der Waals surface area contributed by atoms with E-state index in [1.165, 1.54) is 18.2 Å². The molecule has 1 amide bonds. The molecule has 7 heteroatoms. The van der Waals surface area contributed by atoms with Gasteiger partial charge in [0.15, 0.2) is 0 Å². The molecule has 0 saturated carbocycles. The molecule has 0 atom stereocenters. The molecular formula is C25H19BrN2O4. The fraction of sp³-hybridized carbons (Fsp3) is 0.0800. The highest BCUT2D eigenvalue weighted by Gasteiger charge is 2.12. The molecule has 3 aromatic rings. The summed E-state index contributed by atoms with van der Waals surface area (Å²) in [5.41, 5.74) is 2.43. The van der Waals surface area contributed by atoms with E-state index in [9.17, 15) is 14.9 Å². The van der Waals surface area contributed by atoms with Crippen LogP contribution in [0.25, 0.3) is 6.08 Å². The van der Waals surface area contributed by atoms with E-state index in [0.717, 1.165) is 15.6 Å². The first kappa shape index (κ1) is 22.8. The van der Waals surface area contributed by atoms with E-state index in [4.69, 9.17) is 9.84 Å². The summed E-state index contributed by atoms with van der Waals surface area (Å²) in [6, 6.07) is 23.0. The van der Waals surface area contributed by atoms with Crippen LogP contribution in [0.4, 0.5) is 0 Å². The molecule has 0 fully saturated rings. The quantitative estimate of drug-likeness (QED) is 0.343. The minimum absolute atomic E-state index is 0.0466. The molecule has 160 valence electrons. The van der Waals surface area contributed by atoms with Crippen molar-refractivity contribution in [2.75, 3.05) is 0 Å². The predicted molar refractivity (Wildman–Crippen MR) is 124 cm³/mol. The lowest BCUT2D eigenvalue weighted by molar-refractivity contribution is -0.117. The van der Waals surface area contributed by atoms with Crippen LogP contribution < -0.4 is 10.1 Å². The predicted octanol–water partition coefficient (Wildman–Crippen LogP) is 4.95. The zero-order valence-electron chi connectivity index (χ0n) is 16.9. The van der Waals surface area contributed by atoms with Crippen molar-refractivity contribution in [2.24, 2.45) is 0 Å². The monoisotopic (exact) mass is 490 g/mol. The van der Waals surface area contributed by atoms with E-state index in [1.807, 2.05) is 36.4 Å². The Morgan fingerprint density at radius 3 is 2.41 bits per heavy atom. The Morgan fingerprint density at radius 2 is 1.75 bits per heavy atom. The van der Waals surface area contributed by atoms with Crippen LogP contribution >= 0.6 is 15.9 Å². The first-order valence-corrected chi connectivity index (χ1v) is 10.4. The Labute approximate surface area is 193 Å². The zero-order valence-corrected chi connectivity index (χ0v) is 18.5. The van der Waals surface area contributed by atoms with Crippen LogP contribution in [0.15, 0.2) is 82.8 Å². The molecule has 3 rings (SSSR count). The van der Waals surface area contributed by atoms with Gasteiger partial charge in [0.25, 0.3) is 5.91 Å². The average molecular weight is 491 g/mol. The number of rotatable bonds is 8. The average Bonchev–Trinajstić information content (AvgIpc) is 2.81. The zero-order chi connectivity index (χ0) is 22.9. The number of carbonyl (C=O) groups is 2. The van der Waals surface area contributed by atoms with Gasteiger partial charge in [-0.1, -0.05) is 58.4 Å². The summed E-state index contributed by atoms with van der Waals surface area (Å²) in [7, 11) is 0. The van der Waals surface area contributed by atoms with Crippen molar-refractivity contribution in [3.05, 3.63) is 105 Å². The van der Waals surface area contributed by atoms with E-state index < -0.39 is 11.9 Å². The van der Waals surface area contributed by atoms with E-state index in [-0.39, 0.29) is 17.7 Å². The van der Waals surface area contributed by atoms with Crippen molar-refractivity contribution in [3.8, 4) is 11.8 Å². The van der Waals surface area contributed by atoms with Crippen LogP contribution in [-0.4, -0.2) is 17.0 Å². The third kappa shape index (κ3) is 6.30.